The van der Waals surface area contributed by atoms with Crippen LogP contribution in [-0.2, 0) is 0 Å². The molecule has 0 bridgehead atoms. The molecular weight excluding hydrogens is 186 g/mol. The minimum absolute atomic E-state index is 0.663. The summed E-state index contributed by atoms with van der Waals surface area (Å²) >= 11 is 0. The lowest BCUT2D eigenvalue weighted by atomic mass is 9.97. The Morgan fingerprint density at radius 3 is 2.60 bits per heavy atom. The Balaban J connectivity index is 2.04. The van der Waals surface area contributed by atoms with Gasteiger partial charge in [-0.05, 0) is 64.4 Å². The summed E-state index contributed by atoms with van der Waals surface area (Å²) in [6.07, 6.45) is 3.89. The number of nitrogens with one attached hydrogen (secondary N) is 1. The second kappa shape index (κ2) is 7.20. The molecule has 1 aliphatic rings. The highest BCUT2D eigenvalue weighted by Gasteiger charge is 2.16. The fourth-order valence-corrected chi connectivity index (χ4v) is 2.15. The van der Waals surface area contributed by atoms with E-state index in [1.54, 1.807) is 0 Å². The lowest BCUT2D eigenvalue weighted by Gasteiger charge is -2.29. The third-order valence-corrected chi connectivity index (χ3v) is 3.61. The van der Waals surface area contributed by atoms with Crippen LogP contribution in [0.3, 0.4) is 0 Å². The molecule has 0 aromatic heterocycles. The van der Waals surface area contributed by atoms with Crippen LogP contribution in [0.1, 0.15) is 26.2 Å². The van der Waals surface area contributed by atoms with Crippen molar-refractivity contribution in [3.63, 3.8) is 0 Å². The van der Waals surface area contributed by atoms with Crippen molar-refractivity contribution in [1.29, 1.82) is 0 Å². The Bertz CT molecular complexity index is 149. The van der Waals surface area contributed by atoms with Crippen LogP contribution in [-0.4, -0.2) is 44.7 Å². The van der Waals surface area contributed by atoms with Crippen molar-refractivity contribution in [2.24, 2.45) is 17.6 Å². The zero-order valence-corrected chi connectivity index (χ0v) is 10.3. The van der Waals surface area contributed by atoms with E-state index in [0.717, 1.165) is 19.0 Å². The molecule has 0 aliphatic carbocycles. The van der Waals surface area contributed by atoms with Gasteiger partial charge in [-0.15, -0.1) is 0 Å². The van der Waals surface area contributed by atoms with Gasteiger partial charge in [0.1, 0.15) is 0 Å². The number of hydrogen-bond donors (Lipinski definition) is 2. The maximum atomic E-state index is 5.67. The predicted octanol–water partition coefficient (Wildman–Crippen LogP) is 0.903. The fraction of sp³-hybridized carbons (Fsp3) is 1.00. The van der Waals surface area contributed by atoms with Crippen LogP contribution in [0.2, 0.25) is 0 Å². The van der Waals surface area contributed by atoms with E-state index in [-0.39, 0.29) is 0 Å². The number of nitrogens with two attached hydrogens (primary N) is 1. The minimum Gasteiger partial charge on any atom is -0.330 e. The molecule has 1 aliphatic heterocycles. The molecule has 90 valence electrons. The molecule has 0 amide bonds. The van der Waals surface area contributed by atoms with Crippen LogP contribution in [0.15, 0.2) is 0 Å². The molecule has 1 saturated heterocycles. The number of nitrogens with zero attached hydrogens (tertiary/aromatic N) is 1. The molecule has 1 rings (SSSR count). The average Bonchev–Trinajstić information content (AvgIpc) is 2.27. The van der Waals surface area contributed by atoms with Gasteiger partial charge in [0.2, 0.25) is 0 Å². The molecule has 3 heteroatoms. The van der Waals surface area contributed by atoms with Crippen LogP contribution >= 0.6 is 0 Å². The smallest absolute Gasteiger partial charge is 0.000845 e. The van der Waals surface area contributed by atoms with Crippen molar-refractivity contribution >= 4 is 0 Å². The van der Waals surface area contributed by atoms with Crippen molar-refractivity contribution in [1.82, 2.24) is 10.2 Å². The molecule has 3 N–H and O–H groups in total. The Morgan fingerprint density at radius 2 is 2.07 bits per heavy atom. The monoisotopic (exact) mass is 213 g/mol. The maximum absolute atomic E-state index is 5.67. The predicted molar refractivity (Wildman–Crippen MR) is 65.9 cm³/mol. The van der Waals surface area contributed by atoms with Crippen LogP contribution in [0.5, 0.6) is 0 Å². The number of hydrogen-bond acceptors (Lipinski definition) is 3. The normalized spacial score (nSPS) is 21.8. The van der Waals surface area contributed by atoms with E-state index < -0.39 is 0 Å². The topological polar surface area (TPSA) is 41.3 Å². The van der Waals surface area contributed by atoms with E-state index in [0.29, 0.717) is 5.92 Å². The Labute approximate surface area is 94.4 Å². The first-order valence-electron chi connectivity index (χ1n) is 6.35. The molecule has 0 radical (unpaired) electrons. The molecule has 1 atom stereocenters. The van der Waals surface area contributed by atoms with E-state index >= 15 is 0 Å². The highest BCUT2D eigenvalue weighted by atomic mass is 15.1. The van der Waals surface area contributed by atoms with Crippen LogP contribution in [0.4, 0.5) is 0 Å². The Morgan fingerprint density at radius 1 is 1.40 bits per heavy atom. The summed E-state index contributed by atoms with van der Waals surface area (Å²) in [4.78, 5) is 2.42. The van der Waals surface area contributed by atoms with Gasteiger partial charge in [-0.3, -0.25) is 0 Å². The highest BCUT2D eigenvalue weighted by Crippen LogP contribution is 2.14. The van der Waals surface area contributed by atoms with Gasteiger partial charge in [-0.1, -0.05) is 13.3 Å². The number of rotatable bonds is 6. The lowest BCUT2D eigenvalue weighted by Crippen LogP contribution is -2.37. The minimum atomic E-state index is 0.663. The summed E-state index contributed by atoms with van der Waals surface area (Å²) in [6.45, 7) is 7.84. The molecule has 1 unspecified atom stereocenters. The first-order chi connectivity index (χ1) is 7.26. The summed E-state index contributed by atoms with van der Waals surface area (Å²) in [5, 5.41) is 3.57. The summed E-state index contributed by atoms with van der Waals surface area (Å²) < 4.78 is 0. The largest absolute Gasteiger partial charge is 0.330 e. The van der Waals surface area contributed by atoms with Gasteiger partial charge in [-0.2, -0.15) is 0 Å². The lowest BCUT2D eigenvalue weighted by molar-refractivity contribution is 0.214. The molecule has 0 aromatic rings. The second-order valence-corrected chi connectivity index (χ2v) is 4.91. The third-order valence-electron chi connectivity index (χ3n) is 3.61. The average molecular weight is 213 g/mol. The SMILES string of the molecule is CCC(CN)CNCC1CCN(C)CC1. The molecular formula is C12H27N3. The van der Waals surface area contributed by atoms with Crippen molar-refractivity contribution in [2.75, 3.05) is 39.8 Å². The zero-order chi connectivity index (χ0) is 11.1. The molecule has 1 fully saturated rings. The Kier molecular flexibility index (Phi) is 6.22. The van der Waals surface area contributed by atoms with Crippen LogP contribution < -0.4 is 11.1 Å². The summed E-state index contributed by atoms with van der Waals surface area (Å²) in [5.74, 6) is 1.55. The highest BCUT2D eigenvalue weighted by molar-refractivity contribution is 4.72. The Hall–Kier alpha value is -0.120. The second-order valence-electron chi connectivity index (χ2n) is 4.91. The van der Waals surface area contributed by atoms with Gasteiger partial charge in [0.15, 0.2) is 0 Å². The third kappa shape index (κ3) is 4.96. The van der Waals surface area contributed by atoms with Crippen molar-refractivity contribution in [3.8, 4) is 0 Å². The maximum Gasteiger partial charge on any atom is -0.000845 e. The van der Waals surface area contributed by atoms with Gasteiger partial charge in [-0.25, -0.2) is 0 Å². The van der Waals surface area contributed by atoms with Crippen LogP contribution in [0, 0.1) is 11.8 Å². The van der Waals surface area contributed by atoms with Gasteiger partial charge < -0.3 is 16.0 Å². The molecule has 0 spiro atoms. The quantitative estimate of drug-likeness (QED) is 0.689. The fourth-order valence-electron chi connectivity index (χ4n) is 2.15. The number of likely N-dealkylation sites (tertiary alicyclic amines) is 1. The van der Waals surface area contributed by atoms with E-state index in [1.807, 2.05) is 0 Å². The molecule has 0 aromatic carbocycles. The molecule has 15 heavy (non-hydrogen) atoms. The van der Waals surface area contributed by atoms with Gasteiger partial charge >= 0.3 is 0 Å². The summed E-state index contributed by atoms with van der Waals surface area (Å²) in [6, 6.07) is 0. The first-order valence-corrected chi connectivity index (χ1v) is 6.35. The van der Waals surface area contributed by atoms with Crippen molar-refractivity contribution in [3.05, 3.63) is 0 Å². The van der Waals surface area contributed by atoms with Gasteiger partial charge in [0, 0.05) is 0 Å². The molecule has 0 saturated carbocycles. The zero-order valence-electron chi connectivity index (χ0n) is 10.3. The van der Waals surface area contributed by atoms with E-state index in [1.165, 1.54) is 38.9 Å². The summed E-state index contributed by atoms with van der Waals surface area (Å²) in [7, 11) is 2.21. The van der Waals surface area contributed by atoms with E-state index in [9.17, 15) is 0 Å². The van der Waals surface area contributed by atoms with E-state index in [2.05, 4.69) is 24.2 Å². The number of piperidine rings is 1. The summed E-state index contributed by atoms with van der Waals surface area (Å²) in [5.41, 5.74) is 5.67. The standard InChI is InChI=1S/C12H27N3/c1-3-11(8-13)9-14-10-12-4-6-15(2)7-5-12/h11-12,14H,3-10,13H2,1-2H3. The van der Waals surface area contributed by atoms with Gasteiger partial charge in [0.25, 0.3) is 0 Å². The molecule has 3 nitrogen and oxygen atoms in total. The van der Waals surface area contributed by atoms with Gasteiger partial charge in [0.05, 0.1) is 0 Å². The van der Waals surface area contributed by atoms with Crippen molar-refractivity contribution in [2.45, 2.75) is 26.2 Å². The molecule has 1 heterocycles. The first kappa shape index (κ1) is 12.9. The van der Waals surface area contributed by atoms with Crippen molar-refractivity contribution < 1.29 is 0 Å². The van der Waals surface area contributed by atoms with E-state index in [4.69, 9.17) is 5.73 Å². The van der Waals surface area contributed by atoms with Crippen LogP contribution in [0.25, 0.3) is 0 Å².